The number of benzene rings is 1. The smallest absolute Gasteiger partial charge is 0.237 e. The van der Waals surface area contributed by atoms with Crippen molar-refractivity contribution in [2.45, 2.75) is 46.2 Å². The maximum absolute atomic E-state index is 12.9. The quantitative estimate of drug-likeness (QED) is 0.376. The van der Waals surface area contributed by atoms with E-state index in [2.05, 4.69) is 53.0 Å². The fraction of sp³-hybridized carbons (Fsp3) is 0.370. The van der Waals surface area contributed by atoms with Gasteiger partial charge < -0.3 is 10.4 Å². The zero-order valence-corrected chi connectivity index (χ0v) is 21.6. The SMILES string of the molecule is Cc1ccc(CNC(=O)C(CCO)N(C)CCC=C(c2sccc2C)c2sccc2C)cc1. The lowest BCUT2D eigenvalue weighted by molar-refractivity contribution is -0.126. The van der Waals surface area contributed by atoms with E-state index in [1.165, 1.54) is 32.0 Å². The highest BCUT2D eigenvalue weighted by Gasteiger charge is 2.22. The van der Waals surface area contributed by atoms with E-state index in [9.17, 15) is 9.90 Å². The Kier molecular flexibility index (Phi) is 9.44. The molecule has 0 fully saturated rings. The monoisotopic (exact) mass is 482 g/mol. The van der Waals surface area contributed by atoms with Crippen LogP contribution in [0.4, 0.5) is 0 Å². The first-order valence-corrected chi connectivity index (χ1v) is 13.1. The van der Waals surface area contributed by atoms with Crippen molar-refractivity contribution in [1.82, 2.24) is 10.2 Å². The summed E-state index contributed by atoms with van der Waals surface area (Å²) in [4.78, 5) is 17.6. The van der Waals surface area contributed by atoms with Gasteiger partial charge in [0.1, 0.15) is 0 Å². The number of nitrogens with one attached hydrogen (secondary N) is 1. The second-order valence-electron chi connectivity index (χ2n) is 8.48. The lowest BCUT2D eigenvalue weighted by atomic mass is 10.0. The molecule has 33 heavy (non-hydrogen) atoms. The van der Waals surface area contributed by atoms with Crippen molar-refractivity contribution in [3.8, 4) is 0 Å². The second-order valence-corrected chi connectivity index (χ2v) is 10.3. The van der Waals surface area contributed by atoms with Crippen molar-refractivity contribution < 1.29 is 9.90 Å². The van der Waals surface area contributed by atoms with E-state index >= 15 is 0 Å². The minimum absolute atomic E-state index is 0.0170. The van der Waals surface area contributed by atoms with Crippen molar-refractivity contribution >= 4 is 34.2 Å². The summed E-state index contributed by atoms with van der Waals surface area (Å²) in [6.07, 6.45) is 3.54. The van der Waals surface area contributed by atoms with Crippen molar-refractivity contribution in [2.24, 2.45) is 0 Å². The van der Waals surface area contributed by atoms with Crippen LogP contribution in [0.15, 0.2) is 53.2 Å². The third-order valence-electron chi connectivity index (χ3n) is 5.87. The molecule has 1 unspecified atom stereocenters. The number of aryl methyl sites for hydroxylation is 3. The highest BCUT2D eigenvalue weighted by molar-refractivity contribution is 7.14. The van der Waals surface area contributed by atoms with Crippen LogP contribution in [0.2, 0.25) is 0 Å². The molecule has 6 heteroatoms. The number of hydrogen-bond donors (Lipinski definition) is 2. The lowest BCUT2D eigenvalue weighted by Crippen LogP contribution is -2.45. The molecular weight excluding hydrogens is 448 g/mol. The molecular formula is C27H34N2O2S2. The standard InChI is InChI=1S/C27H34N2O2S2/c1-19-7-9-22(10-8-19)18-28-27(31)24(11-15-30)29(4)14-5-6-23(25-20(2)12-16-32-25)26-21(3)13-17-33-26/h6-10,12-13,16-17,24,30H,5,11,14-15,18H2,1-4H3,(H,28,31). The molecule has 0 radical (unpaired) electrons. The van der Waals surface area contributed by atoms with E-state index in [1.54, 1.807) is 22.7 Å². The Hall–Kier alpha value is -2.25. The van der Waals surface area contributed by atoms with Gasteiger partial charge in [-0.15, -0.1) is 22.7 Å². The molecule has 1 aromatic carbocycles. The van der Waals surface area contributed by atoms with Crippen LogP contribution < -0.4 is 5.32 Å². The van der Waals surface area contributed by atoms with Crippen molar-refractivity contribution in [3.63, 3.8) is 0 Å². The Morgan fingerprint density at radius 3 is 2.15 bits per heavy atom. The van der Waals surface area contributed by atoms with E-state index in [0.29, 0.717) is 13.0 Å². The zero-order valence-electron chi connectivity index (χ0n) is 19.9. The number of amides is 1. The van der Waals surface area contributed by atoms with Gasteiger partial charge >= 0.3 is 0 Å². The molecule has 0 aliphatic rings. The van der Waals surface area contributed by atoms with Gasteiger partial charge in [-0.3, -0.25) is 9.69 Å². The van der Waals surface area contributed by atoms with Crippen molar-refractivity contribution in [3.05, 3.63) is 85.2 Å². The van der Waals surface area contributed by atoms with Crippen molar-refractivity contribution in [2.75, 3.05) is 20.2 Å². The number of carbonyl (C=O) groups is 1. The molecule has 4 nitrogen and oxygen atoms in total. The fourth-order valence-corrected chi connectivity index (χ4v) is 5.85. The van der Waals surface area contributed by atoms with Crippen LogP contribution in [-0.2, 0) is 11.3 Å². The highest BCUT2D eigenvalue weighted by atomic mass is 32.1. The van der Waals surface area contributed by atoms with Gasteiger partial charge in [0.2, 0.25) is 5.91 Å². The first kappa shape index (κ1) is 25.4. The zero-order chi connectivity index (χ0) is 23.8. The molecule has 3 rings (SSSR count). The Morgan fingerprint density at radius 1 is 1.03 bits per heavy atom. The van der Waals surface area contributed by atoms with Crippen LogP contribution in [0.1, 0.15) is 44.8 Å². The van der Waals surface area contributed by atoms with Crippen LogP contribution in [0, 0.1) is 20.8 Å². The van der Waals surface area contributed by atoms with E-state index in [-0.39, 0.29) is 18.6 Å². The Morgan fingerprint density at radius 2 is 1.64 bits per heavy atom. The molecule has 0 aliphatic heterocycles. The molecule has 2 N–H and O–H groups in total. The number of hydrogen-bond acceptors (Lipinski definition) is 5. The number of rotatable bonds is 11. The lowest BCUT2D eigenvalue weighted by Gasteiger charge is -2.26. The maximum atomic E-state index is 12.9. The molecule has 0 saturated carbocycles. The summed E-state index contributed by atoms with van der Waals surface area (Å²) in [5.74, 6) is -0.0421. The number of aliphatic hydroxyl groups excluding tert-OH is 1. The first-order valence-electron chi connectivity index (χ1n) is 11.3. The van der Waals surface area contributed by atoms with Gasteiger partial charge in [0.25, 0.3) is 0 Å². The average molecular weight is 483 g/mol. The third-order valence-corrected chi connectivity index (χ3v) is 7.97. The Bertz CT molecular complexity index is 1020. The van der Waals surface area contributed by atoms with E-state index in [0.717, 1.165) is 18.5 Å². The number of nitrogens with zero attached hydrogens (tertiary/aromatic N) is 1. The maximum Gasteiger partial charge on any atom is 0.237 e. The predicted molar refractivity (Wildman–Crippen MR) is 141 cm³/mol. The topological polar surface area (TPSA) is 52.6 Å². The Balaban J connectivity index is 1.66. The van der Waals surface area contributed by atoms with Gasteiger partial charge in [-0.1, -0.05) is 35.9 Å². The number of carbonyl (C=O) groups excluding carboxylic acids is 1. The van der Waals surface area contributed by atoms with E-state index < -0.39 is 0 Å². The van der Waals surface area contributed by atoms with Crippen LogP contribution in [0.5, 0.6) is 0 Å². The van der Waals surface area contributed by atoms with Crippen LogP contribution in [-0.4, -0.2) is 42.2 Å². The van der Waals surface area contributed by atoms with Crippen LogP contribution in [0.3, 0.4) is 0 Å². The van der Waals surface area contributed by atoms with Crippen LogP contribution in [0.25, 0.3) is 5.57 Å². The van der Waals surface area contributed by atoms with Gasteiger partial charge in [0.15, 0.2) is 0 Å². The molecule has 3 aromatic rings. The normalized spacial score (nSPS) is 12.1. The van der Waals surface area contributed by atoms with Gasteiger partial charge in [-0.05, 0) is 80.2 Å². The molecule has 0 saturated heterocycles. The largest absolute Gasteiger partial charge is 0.396 e. The third kappa shape index (κ3) is 6.87. The fourth-order valence-electron chi connectivity index (χ4n) is 3.84. The van der Waals surface area contributed by atoms with Gasteiger partial charge in [-0.2, -0.15) is 0 Å². The summed E-state index contributed by atoms with van der Waals surface area (Å²) in [6, 6.07) is 12.1. The molecule has 1 atom stereocenters. The summed E-state index contributed by atoms with van der Waals surface area (Å²) < 4.78 is 0. The summed E-state index contributed by atoms with van der Waals surface area (Å²) in [7, 11) is 1.96. The summed E-state index contributed by atoms with van der Waals surface area (Å²) >= 11 is 3.55. The van der Waals surface area contributed by atoms with Gasteiger partial charge in [0.05, 0.1) is 6.04 Å². The molecule has 2 heterocycles. The summed E-state index contributed by atoms with van der Waals surface area (Å²) in [6.45, 7) is 7.58. The average Bonchev–Trinajstić information content (AvgIpc) is 3.42. The minimum Gasteiger partial charge on any atom is -0.396 e. The predicted octanol–water partition coefficient (Wildman–Crippen LogP) is 5.56. The molecule has 0 spiro atoms. The molecule has 0 bridgehead atoms. The second kappa shape index (κ2) is 12.3. The highest BCUT2D eigenvalue weighted by Crippen LogP contribution is 2.35. The molecule has 0 aliphatic carbocycles. The van der Waals surface area contributed by atoms with Gasteiger partial charge in [0, 0.05) is 35.0 Å². The number of aliphatic hydroxyl groups is 1. The van der Waals surface area contributed by atoms with E-state index in [4.69, 9.17) is 0 Å². The molecule has 2 aromatic heterocycles. The number of thiophene rings is 2. The number of likely N-dealkylation sites (N-methyl/N-ethyl adjacent to an activating group) is 1. The molecule has 1 amide bonds. The minimum atomic E-state index is -0.357. The van der Waals surface area contributed by atoms with Crippen molar-refractivity contribution in [1.29, 1.82) is 0 Å². The van der Waals surface area contributed by atoms with Crippen LogP contribution >= 0.6 is 22.7 Å². The van der Waals surface area contributed by atoms with E-state index in [1.807, 2.05) is 38.2 Å². The first-order chi connectivity index (χ1) is 15.9. The summed E-state index contributed by atoms with van der Waals surface area (Å²) in [5.41, 5.74) is 6.14. The summed E-state index contributed by atoms with van der Waals surface area (Å²) in [5, 5.41) is 16.9. The van der Waals surface area contributed by atoms with Gasteiger partial charge in [-0.25, -0.2) is 0 Å². The molecule has 176 valence electrons. The Labute approximate surface area is 205 Å².